The molecule has 21 heavy (non-hydrogen) atoms. The van der Waals surface area contributed by atoms with Crippen LogP contribution in [0.5, 0.6) is 0 Å². The maximum Gasteiger partial charge on any atom is 0.233 e. The van der Waals surface area contributed by atoms with E-state index in [0.29, 0.717) is 5.92 Å². The van der Waals surface area contributed by atoms with Crippen molar-refractivity contribution >= 4 is 17.7 Å². The third-order valence-electron chi connectivity index (χ3n) is 4.62. The van der Waals surface area contributed by atoms with Gasteiger partial charge >= 0.3 is 0 Å². The minimum Gasteiger partial charge on any atom is -0.342 e. The molecule has 2 aliphatic rings. The van der Waals surface area contributed by atoms with Crippen LogP contribution in [-0.4, -0.2) is 47.2 Å². The molecule has 0 N–H and O–H groups in total. The predicted molar refractivity (Wildman–Crippen MR) is 79.3 cm³/mol. The first-order chi connectivity index (χ1) is 9.70. The van der Waals surface area contributed by atoms with Gasteiger partial charge in [0.15, 0.2) is 0 Å². The molecule has 3 amide bonds. The lowest BCUT2D eigenvalue weighted by Crippen LogP contribution is -2.37. The topological polar surface area (TPSA) is 57.7 Å². The van der Waals surface area contributed by atoms with Gasteiger partial charge in [0.2, 0.25) is 17.7 Å². The molecule has 5 nitrogen and oxygen atoms in total. The second-order valence-electron chi connectivity index (χ2n) is 7.49. The number of hydrogen-bond donors (Lipinski definition) is 0. The van der Waals surface area contributed by atoms with Gasteiger partial charge in [-0.3, -0.25) is 19.3 Å². The Labute approximate surface area is 126 Å². The minimum absolute atomic E-state index is 0.0548. The van der Waals surface area contributed by atoms with Gasteiger partial charge in [-0.1, -0.05) is 27.7 Å². The second-order valence-corrected chi connectivity index (χ2v) is 7.49. The Hall–Kier alpha value is -1.39. The number of amides is 3. The van der Waals surface area contributed by atoms with Crippen LogP contribution in [0.1, 0.15) is 47.0 Å². The Morgan fingerprint density at radius 1 is 1.29 bits per heavy atom. The molecule has 0 aromatic rings. The molecule has 0 radical (unpaired) electrons. The maximum atomic E-state index is 12.3. The first-order valence-corrected chi connectivity index (χ1v) is 7.82. The summed E-state index contributed by atoms with van der Waals surface area (Å²) in [5.41, 5.74) is -0.212. The van der Waals surface area contributed by atoms with Crippen LogP contribution >= 0.6 is 0 Å². The maximum absolute atomic E-state index is 12.3. The molecule has 2 saturated heterocycles. The molecule has 118 valence electrons. The molecule has 0 bridgehead atoms. The largest absolute Gasteiger partial charge is 0.342 e. The van der Waals surface area contributed by atoms with E-state index in [9.17, 15) is 14.4 Å². The molecular formula is C16H26N2O3. The second kappa shape index (κ2) is 5.78. The molecule has 0 saturated carbocycles. The van der Waals surface area contributed by atoms with Gasteiger partial charge in [-0.05, 0) is 17.8 Å². The van der Waals surface area contributed by atoms with Gasteiger partial charge in [0.25, 0.3) is 0 Å². The Balaban J connectivity index is 1.90. The lowest BCUT2D eigenvalue weighted by atomic mass is 9.80. The van der Waals surface area contributed by atoms with E-state index in [-0.39, 0.29) is 48.4 Å². The summed E-state index contributed by atoms with van der Waals surface area (Å²) < 4.78 is 0. The van der Waals surface area contributed by atoms with E-state index in [0.717, 1.165) is 19.5 Å². The number of hydrogen-bond acceptors (Lipinski definition) is 3. The molecular weight excluding hydrogens is 268 g/mol. The highest BCUT2D eigenvalue weighted by Gasteiger charge is 2.44. The summed E-state index contributed by atoms with van der Waals surface area (Å²) in [7, 11) is 0. The predicted octanol–water partition coefficient (Wildman–Crippen LogP) is 1.67. The molecule has 0 aromatic carbocycles. The highest BCUT2D eigenvalue weighted by molar-refractivity contribution is 6.04. The molecule has 2 fully saturated rings. The van der Waals surface area contributed by atoms with E-state index in [4.69, 9.17) is 0 Å². The molecule has 2 heterocycles. The van der Waals surface area contributed by atoms with Gasteiger partial charge in [0.1, 0.15) is 0 Å². The van der Waals surface area contributed by atoms with E-state index in [1.165, 1.54) is 4.90 Å². The van der Waals surface area contributed by atoms with Crippen molar-refractivity contribution in [3.05, 3.63) is 0 Å². The molecule has 5 heteroatoms. The lowest BCUT2D eigenvalue weighted by Gasteiger charge is -2.25. The quantitative estimate of drug-likeness (QED) is 0.744. The highest BCUT2D eigenvalue weighted by atomic mass is 16.2. The summed E-state index contributed by atoms with van der Waals surface area (Å²) in [5.74, 6) is 0.0953. The van der Waals surface area contributed by atoms with Crippen LogP contribution < -0.4 is 0 Å². The van der Waals surface area contributed by atoms with Gasteiger partial charge in [0.05, 0.1) is 5.92 Å². The van der Waals surface area contributed by atoms with Crippen molar-refractivity contribution in [2.45, 2.75) is 47.0 Å². The van der Waals surface area contributed by atoms with Gasteiger partial charge in [-0.25, -0.2) is 0 Å². The third kappa shape index (κ3) is 3.44. The number of rotatable bonds is 3. The SMILES string of the molecule is C[C@@H]1CCN(C(=O)CCN2C(=O)CC(C(C)(C)C)C2=O)C1. The molecule has 2 atom stereocenters. The molecule has 1 unspecified atom stereocenters. The standard InChI is InChI=1S/C16H26N2O3/c1-11-5-7-17(10-11)13(19)6-8-18-14(20)9-12(15(18)21)16(2,3)4/h11-12H,5-10H2,1-4H3/t11-,12?/m1/s1. The summed E-state index contributed by atoms with van der Waals surface area (Å²) in [6.07, 6.45) is 1.57. The van der Waals surface area contributed by atoms with E-state index in [1.54, 1.807) is 0 Å². The van der Waals surface area contributed by atoms with E-state index in [2.05, 4.69) is 6.92 Å². The smallest absolute Gasteiger partial charge is 0.233 e. The fourth-order valence-corrected chi connectivity index (χ4v) is 3.12. The van der Waals surface area contributed by atoms with Gasteiger partial charge in [0, 0.05) is 32.5 Å². The van der Waals surface area contributed by atoms with Crippen molar-refractivity contribution in [3.8, 4) is 0 Å². The van der Waals surface area contributed by atoms with E-state index >= 15 is 0 Å². The zero-order chi connectivity index (χ0) is 15.8. The van der Waals surface area contributed by atoms with Crippen LogP contribution in [0, 0.1) is 17.3 Å². The Morgan fingerprint density at radius 2 is 1.95 bits per heavy atom. The first kappa shape index (κ1) is 16.0. The summed E-state index contributed by atoms with van der Waals surface area (Å²) in [5, 5.41) is 0. The number of nitrogens with zero attached hydrogens (tertiary/aromatic N) is 2. The summed E-state index contributed by atoms with van der Waals surface area (Å²) in [4.78, 5) is 39.6. The van der Waals surface area contributed by atoms with Gasteiger partial charge in [-0.2, -0.15) is 0 Å². The van der Waals surface area contributed by atoms with Crippen molar-refractivity contribution in [1.82, 2.24) is 9.80 Å². The highest BCUT2D eigenvalue weighted by Crippen LogP contribution is 2.35. The Morgan fingerprint density at radius 3 is 2.43 bits per heavy atom. The van der Waals surface area contributed by atoms with Crippen molar-refractivity contribution in [3.63, 3.8) is 0 Å². The summed E-state index contributed by atoms with van der Waals surface area (Å²) >= 11 is 0. The van der Waals surface area contributed by atoms with Gasteiger partial charge in [-0.15, -0.1) is 0 Å². The molecule has 2 rings (SSSR count). The lowest BCUT2D eigenvalue weighted by molar-refractivity contribution is -0.141. The summed E-state index contributed by atoms with van der Waals surface area (Å²) in [6, 6.07) is 0. The van der Waals surface area contributed by atoms with Crippen LogP contribution in [0.4, 0.5) is 0 Å². The van der Waals surface area contributed by atoms with Crippen molar-refractivity contribution in [1.29, 1.82) is 0 Å². The van der Waals surface area contributed by atoms with E-state index in [1.807, 2.05) is 25.7 Å². The molecule has 2 aliphatic heterocycles. The third-order valence-corrected chi connectivity index (χ3v) is 4.62. The van der Waals surface area contributed by atoms with Crippen LogP contribution in [-0.2, 0) is 14.4 Å². The average Bonchev–Trinajstić information content (AvgIpc) is 2.91. The zero-order valence-corrected chi connectivity index (χ0v) is 13.5. The van der Waals surface area contributed by atoms with Crippen LogP contribution in [0.25, 0.3) is 0 Å². The number of likely N-dealkylation sites (tertiary alicyclic amines) is 2. The number of carbonyl (C=O) groups is 3. The van der Waals surface area contributed by atoms with Crippen molar-refractivity contribution < 1.29 is 14.4 Å². The van der Waals surface area contributed by atoms with Crippen LogP contribution in [0.3, 0.4) is 0 Å². The minimum atomic E-state index is -0.257. The summed E-state index contributed by atoms with van der Waals surface area (Å²) in [6.45, 7) is 9.88. The van der Waals surface area contributed by atoms with Crippen LogP contribution in [0.2, 0.25) is 0 Å². The Kier molecular flexibility index (Phi) is 4.40. The normalized spacial score (nSPS) is 26.9. The fourth-order valence-electron chi connectivity index (χ4n) is 3.12. The van der Waals surface area contributed by atoms with Crippen molar-refractivity contribution in [2.24, 2.45) is 17.3 Å². The Bertz CT molecular complexity index is 453. The van der Waals surface area contributed by atoms with Gasteiger partial charge < -0.3 is 4.90 Å². The monoisotopic (exact) mass is 294 g/mol. The number of imide groups is 1. The van der Waals surface area contributed by atoms with E-state index < -0.39 is 0 Å². The van der Waals surface area contributed by atoms with Crippen LogP contribution in [0.15, 0.2) is 0 Å². The first-order valence-electron chi connectivity index (χ1n) is 7.82. The molecule has 0 spiro atoms. The fraction of sp³-hybridized carbons (Fsp3) is 0.812. The van der Waals surface area contributed by atoms with Crippen molar-refractivity contribution in [2.75, 3.05) is 19.6 Å². The average molecular weight is 294 g/mol. The number of carbonyl (C=O) groups excluding carboxylic acids is 3. The molecule has 0 aromatic heterocycles. The zero-order valence-electron chi connectivity index (χ0n) is 13.5. The molecule has 0 aliphatic carbocycles.